The van der Waals surface area contributed by atoms with Crippen LogP contribution in [-0.2, 0) is 11.2 Å². The molecule has 0 aliphatic carbocycles. The molecule has 2 aromatic rings. The van der Waals surface area contributed by atoms with Crippen molar-refractivity contribution in [2.24, 2.45) is 0 Å². The van der Waals surface area contributed by atoms with Crippen molar-refractivity contribution in [2.75, 3.05) is 12.4 Å². The van der Waals surface area contributed by atoms with E-state index >= 15 is 0 Å². The fourth-order valence-corrected chi connectivity index (χ4v) is 2.21. The van der Waals surface area contributed by atoms with Crippen LogP contribution in [0.15, 0.2) is 24.4 Å². The summed E-state index contributed by atoms with van der Waals surface area (Å²) in [5.41, 5.74) is 3.13. The van der Waals surface area contributed by atoms with E-state index in [-0.39, 0.29) is 11.8 Å². The maximum absolute atomic E-state index is 11.1. The van der Waals surface area contributed by atoms with Crippen LogP contribution in [0.4, 0.5) is 0 Å². The summed E-state index contributed by atoms with van der Waals surface area (Å²) in [5.74, 6) is 0.633. The molecule has 0 fully saturated rings. The SMILES string of the molecule is Cc1nn(-c2ccccn2)c(C)c1CCNC(=O)CCl. The van der Waals surface area contributed by atoms with Crippen molar-refractivity contribution >= 4 is 17.5 Å². The van der Waals surface area contributed by atoms with Gasteiger partial charge in [-0.05, 0) is 38.0 Å². The van der Waals surface area contributed by atoms with Gasteiger partial charge in [-0.1, -0.05) is 6.07 Å². The minimum absolute atomic E-state index is 0.00877. The number of aromatic nitrogens is 3. The molecule has 2 rings (SSSR count). The lowest BCUT2D eigenvalue weighted by atomic mass is 10.1. The number of carbonyl (C=O) groups is 1. The summed E-state index contributed by atoms with van der Waals surface area (Å²) in [6.45, 7) is 4.53. The zero-order valence-corrected chi connectivity index (χ0v) is 12.3. The second-order valence-electron chi connectivity index (χ2n) is 4.48. The normalized spacial score (nSPS) is 10.6. The molecule has 5 nitrogen and oxygen atoms in total. The molecule has 20 heavy (non-hydrogen) atoms. The topological polar surface area (TPSA) is 59.8 Å². The largest absolute Gasteiger partial charge is 0.355 e. The minimum atomic E-state index is -0.154. The van der Waals surface area contributed by atoms with Crippen molar-refractivity contribution in [3.05, 3.63) is 41.3 Å². The van der Waals surface area contributed by atoms with Crippen molar-refractivity contribution in [2.45, 2.75) is 20.3 Å². The molecule has 0 radical (unpaired) electrons. The Hall–Kier alpha value is -1.88. The summed E-state index contributed by atoms with van der Waals surface area (Å²) in [7, 11) is 0. The van der Waals surface area contributed by atoms with Crippen molar-refractivity contribution in [3.63, 3.8) is 0 Å². The van der Waals surface area contributed by atoms with Crippen molar-refractivity contribution in [3.8, 4) is 5.82 Å². The highest BCUT2D eigenvalue weighted by Gasteiger charge is 2.13. The number of rotatable bonds is 5. The monoisotopic (exact) mass is 292 g/mol. The summed E-state index contributed by atoms with van der Waals surface area (Å²) in [4.78, 5) is 15.4. The van der Waals surface area contributed by atoms with Gasteiger partial charge >= 0.3 is 0 Å². The molecule has 106 valence electrons. The second-order valence-corrected chi connectivity index (χ2v) is 4.75. The molecule has 2 aromatic heterocycles. The highest BCUT2D eigenvalue weighted by Crippen LogP contribution is 2.16. The molecule has 0 unspecified atom stereocenters. The lowest BCUT2D eigenvalue weighted by Crippen LogP contribution is -2.26. The molecule has 0 saturated heterocycles. The van der Waals surface area contributed by atoms with Gasteiger partial charge in [0.2, 0.25) is 5.91 Å². The molecule has 0 spiro atoms. The number of alkyl halides is 1. The predicted molar refractivity (Wildman–Crippen MR) is 78.3 cm³/mol. The summed E-state index contributed by atoms with van der Waals surface area (Å²) in [5, 5.41) is 7.27. The van der Waals surface area contributed by atoms with Gasteiger partial charge in [-0.3, -0.25) is 4.79 Å². The van der Waals surface area contributed by atoms with E-state index in [1.807, 2.05) is 36.7 Å². The molecule has 0 aromatic carbocycles. The number of aryl methyl sites for hydroxylation is 1. The lowest BCUT2D eigenvalue weighted by molar-refractivity contribution is -0.118. The average Bonchev–Trinajstić information content (AvgIpc) is 2.75. The third-order valence-corrected chi connectivity index (χ3v) is 3.37. The van der Waals surface area contributed by atoms with Crippen LogP contribution in [0, 0.1) is 13.8 Å². The van der Waals surface area contributed by atoms with Crippen LogP contribution in [0.2, 0.25) is 0 Å². The molecule has 0 aliphatic heterocycles. The zero-order chi connectivity index (χ0) is 14.5. The third-order valence-electron chi connectivity index (χ3n) is 3.13. The maximum atomic E-state index is 11.1. The first kappa shape index (κ1) is 14.5. The van der Waals surface area contributed by atoms with Crippen LogP contribution in [0.5, 0.6) is 0 Å². The molecular formula is C14H17ClN4O. The van der Waals surface area contributed by atoms with Gasteiger partial charge in [0.05, 0.1) is 5.69 Å². The maximum Gasteiger partial charge on any atom is 0.234 e. The van der Waals surface area contributed by atoms with Crippen molar-refractivity contribution in [1.29, 1.82) is 0 Å². The smallest absolute Gasteiger partial charge is 0.234 e. The molecule has 1 N–H and O–H groups in total. The number of nitrogens with one attached hydrogen (secondary N) is 1. The first-order valence-corrected chi connectivity index (χ1v) is 6.96. The Labute approximate surface area is 123 Å². The number of amides is 1. The number of pyridine rings is 1. The Bertz CT molecular complexity index is 595. The average molecular weight is 293 g/mol. The van der Waals surface area contributed by atoms with E-state index in [9.17, 15) is 4.79 Å². The van der Waals surface area contributed by atoms with Gasteiger partial charge in [0.1, 0.15) is 5.88 Å². The third kappa shape index (κ3) is 3.17. The molecule has 6 heteroatoms. The van der Waals surface area contributed by atoms with E-state index in [4.69, 9.17) is 11.6 Å². The minimum Gasteiger partial charge on any atom is -0.355 e. The molecule has 1 amide bonds. The van der Waals surface area contributed by atoms with Crippen LogP contribution in [-0.4, -0.2) is 33.1 Å². The second kappa shape index (κ2) is 6.52. The van der Waals surface area contributed by atoms with Crippen LogP contribution in [0.1, 0.15) is 17.0 Å². The Morgan fingerprint density at radius 3 is 2.85 bits per heavy atom. The van der Waals surface area contributed by atoms with Crippen LogP contribution < -0.4 is 5.32 Å². The summed E-state index contributed by atoms with van der Waals surface area (Å²) < 4.78 is 1.83. The van der Waals surface area contributed by atoms with Crippen LogP contribution in [0.25, 0.3) is 5.82 Å². The van der Waals surface area contributed by atoms with E-state index in [0.717, 1.165) is 29.2 Å². The van der Waals surface area contributed by atoms with Gasteiger partial charge in [0, 0.05) is 18.4 Å². The summed E-state index contributed by atoms with van der Waals surface area (Å²) in [6.07, 6.45) is 2.47. The van der Waals surface area contributed by atoms with Gasteiger partial charge in [0.15, 0.2) is 5.82 Å². The van der Waals surface area contributed by atoms with E-state index in [1.54, 1.807) is 6.20 Å². The van der Waals surface area contributed by atoms with Gasteiger partial charge in [-0.2, -0.15) is 5.10 Å². The molecule has 2 heterocycles. The fourth-order valence-electron chi connectivity index (χ4n) is 2.11. The van der Waals surface area contributed by atoms with E-state index in [2.05, 4.69) is 15.4 Å². The molecular weight excluding hydrogens is 276 g/mol. The Kier molecular flexibility index (Phi) is 4.74. The van der Waals surface area contributed by atoms with Gasteiger partial charge in [0.25, 0.3) is 0 Å². The first-order chi connectivity index (χ1) is 9.63. The molecule has 0 bridgehead atoms. The van der Waals surface area contributed by atoms with Gasteiger partial charge in [-0.25, -0.2) is 9.67 Å². The number of hydrogen-bond acceptors (Lipinski definition) is 3. The van der Waals surface area contributed by atoms with Crippen LogP contribution in [0.3, 0.4) is 0 Å². The number of halogens is 1. The van der Waals surface area contributed by atoms with Crippen molar-refractivity contribution in [1.82, 2.24) is 20.1 Å². The number of carbonyl (C=O) groups excluding carboxylic acids is 1. The number of hydrogen-bond donors (Lipinski definition) is 1. The highest BCUT2D eigenvalue weighted by atomic mass is 35.5. The highest BCUT2D eigenvalue weighted by molar-refractivity contribution is 6.27. The number of nitrogens with zero attached hydrogens (tertiary/aromatic N) is 3. The Morgan fingerprint density at radius 1 is 1.40 bits per heavy atom. The fraction of sp³-hybridized carbons (Fsp3) is 0.357. The predicted octanol–water partition coefficient (Wildman–Crippen LogP) is 1.78. The summed E-state index contributed by atoms with van der Waals surface area (Å²) >= 11 is 5.44. The van der Waals surface area contributed by atoms with Gasteiger partial charge < -0.3 is 5.32 Å². The quantitative estimate of drug-likeness (QED) is 0.855. The Balaban J connectivity index is 2.15. The molecule has 0 saturated carbocycles. The van der Waals surface area contributed by atoms with Crippen LogP contribution >= 0.6 is 11.6 Å². The van der Waals surface area contributed by atoms with Gasteiger partial charge in [-0.15, -0.1) is 11.6 Å². The zero-order valence-electron chi connectivity index (χ0n) is 11.6. The van der Waals surface area contributed by atoms with E-state index < -0.39 is 0 Å². The standard InChI is InChI=1S/C14H17ClN4O/c1-10-12(6-8-17-14(20)9-15)11(2)19(18-10)13-5-3-4-7-16-13/h3-5,7H,6,8-9H2,1-2H3,(H,17,20). The van der Waals surface area contributed by atoms with E-state index in [1.165, 1.54) is 0 Å². The van der Waals surface area contributed by atoms with Crippen molar-refractivity contribution < 1.29 is 4.79 Å². The summed E-state index contributed by atoms with van der Waals surface area (Å²) in [6, 6.07) is 5.72. The first-order valence-electron chi connectivity index (χ1n) is 6.42. The molecule has 0 atom stereocenters. The Morgan fingerprint density at radius 2 is 2.20 bits per heavy atom. The lowest BCUT2D eigenvalue weighted by Gasteiger charge is -2.05. The molecule has 0 aliphatic rings. The van der Waals surface area contributed by atoms with E-state index in [0.29, 0.717) is 6.54 Å².